The number of hydrogen-bond acceptors (Lipinski definition) is 4. The first-order valence-corrected chi connectivity index (χ1v) is 5.90. The van der Waals surface area contributed by atoms with Gasteiger partial charge in [0, 0.05) is 27.2 Å². The number of alkyl halides is 1. The molecule has 0 saturated carbocycles. The maximum atomic E-state index is 5.05. The topological polar surface area (TPSA) is 49.2 Å². The van der Waals surface area contributed by atoms with Crippen molar-refractivity contribution in [3.05, 3.63) is 11.6 Å². The van der Waals surface area contributed by atoms with Gasteiger partial charge in [-0.3, -0.25) is 0 Å². The fourth-order valence-electron chi connectivity index (χ4n) is 1.29. The van der Waals surface area contributed by atoms with Crippen LogP contribution in [0.2, 0.25) is 0 Å². The Labute approximate surface area is 97.9 Å². The first-order valence-electron chi connectivity index (χ1n) is 4.78. The van der Waals surface area contributed by atoms with Crippen LogP contribution in [-0.2, 0) is 27.8 Å². The molecule has 0 radical (unpaired) electrons. The number of aromatic nitrogens is 3. The van der Waals surface area contributed by atoms with E-state index in [1.165, 1.54) is 0 Å². The van der Waals surface area contributed by atoms with E-state index in [1.54, 1.807) is 14.2 Å². The van der Waals surface area contributed by atoms with Crippen molar-refractivity contribution in [2.75, 3.05) is 27.4 Å². The van der Waals surface area contributed by atoms with Gasteiger partial charge in [0.25, 0.3) is 0 Å². The van der Waals surface area contributed by atoms with E-state index in [9.17, 15) is 0 Å². The number of hydrogen-bond donors (Lipinski definition) is 0. The lowest BCUT2D eigenvalue weighted by atomic mass is 10.4. The zero-order chi connectivity index (χ0) is 11.1. The molecule has 0 aliphatic carbocycles. The highest BCUT2D eigenvalue weighted by Crippen LogP contribution is 2.07. The first kappa shape index (κ1) is 12.6. The van der Waals surface area contributed by atoms with Gasteiger partial charge in [0.05, 0.1) is 18.5 Å². The van der Waals surface area contributed by atoms with Crippen LogP contribution in [0.25, 0.3) is 0 Å². The van der Waals surface area contributed by atoms with Crippen molar-refractivity contribution < 1.29 is 9.47 Å². The molecule has 6 heteroatoms. The van der Waals surface area contributed by atoms with Crippen molar-refractivity contribution in [1.82, 2.24) is 14.8 Å². The van der Waals surface area contributed by atoms with E-state index in [4.69, 9.17) is 9.47 Å². The Morgan fingerprint density at radius 1 is 1.13 bits per heavy atom. The minimum absolute atomic E-state index is 0.660. The van der Waals surface area contributed by atoms with E-state index in [0.29, 0.717) is 18.5 Å². The molecular weight excluding hydrogens is 262 g/mol. The molecule has 1 aromatic heterocycles. The molecule has 0 aliphatic heterocycles. The quantitative estimate of drug-likeness (QED) is 0.698. The summed E-state index contributed by atoms with van der Waals surface area (Å²) in [6.07, 6.45) is 0.778. The Balaban J connectivity index is 2.70. The Bertz CT molecular complexity index is 291. The summed E-state index contributed by atoms with van der Waals surface area (Å²) in [6.45, 7) is 2.11. The fourth-order valence-corrected chi connectivity index (χ4v) is 1.71. The molecule has 0 aliphatic rings. The molecule has 1 heterocycles. The van der Waals surface area contributed by atoms with Crippen LogP contribution >= 0.6 is 15.9 Å². The van der Waals surface area contributed by atoms with E-state index in [1.807, 2.05) is 0 Å². The summed E-state index contributed by atoms with van der Waals surface area (Å²) >= 11 is 3.39. The van der Waals surface area contributed by atoms with E-state index < -0.39 is 0 Å². The minimum atomic E-state index is 0.660. The predicted octanol–water partition coefficient (Wildman–Crippen LogP) is 1.01. The molecule has 0 atom stereocenters. The molecule has 0 spiro atoms. The van der Waals surface area contributed by atoms with Crippen LogP contribution in [0.4, 0.5) is 0 Å². The van der Waals surface area contributed by atoms with Crippen LogP contribution in [0, 0.1) is 0 Å². The van der Waals surface area contributed by atoms with Gasteiger partial charge in [-0.2, -0.15) is 0 Å². The average Bonchev–Trinajstić information content (AvgIpc) is 2.65. The lowest BCUT2D eigenvalue weighted by molar-refractivity contribution is 0.181. The zero-order valence-corrected chi connectivity index (χ0v) is 10.7. The molecule has 0 bridgehead atoms. The number of ether oxygens (including phenoxy) is 2. The lowest BCUT2D eigenvalue weighted by Crippen LogP contribution is -2.12. The molecule has 0 fully saturated rings. The third kappa shape index (κ3) is 3.55. The fraction of sp³-hybridized carbons (Fsp3) is 0.778. The van der Waals surface area contributed by atoms with Crippen molar-refractivity contribution in [2.45, 2.75) is 18.3 Å². The zero-order valence-electron chi connectivity index (χ0n) is 9.07. The van der Waals surface area contributed by atoms with Gasteiger partial charge in [-0.05, 0) is 0 Å². The maximum Gasteiger partial charge on any atom is 0.143 e. The van der Waals surface area contributed by atoms with Gasteiger partial charge in [0.15, 0.2) is 0 Å². The van der Waals surface area contributed by atoms with Crippen LogP contribution < -0.4 is 0 Å². The van der Waals surface area contributed by atoms with Crippen molar-refractivity contribution in [3.8, 4) is 0 Å². The van der Waals surface area contributed by atoms with Gasteiger partial charge in [-0.15, -0.1) is 10.2 Å². The second-order valence-corrected chi connectivity index (χ2v) is 3.61. The van der Waals surface area contributed by atoms with Crippen LogP contribution in [0.5, 0.6) is 0 Å². The van der Waals surface area contributed by atoms with Crippen molar-refractivity contribution >= 4 is 15.9 Å². The SMILES string of the molecule is COCCc1nnc(CBr)n1CCOC. The number of nitrogens with zero attached hydrogens (tertiary/aromatic N) is 3. The van der Waals surface area contributed by atoms with Gasteiger partial charge >= 0.3 is 0 Å². The number of rotatable bonds is 7. The second kappa shape index (κ2) is 6.92. The molecule has 1 aromatic rings. The van der Waals surface area contributed by atoms with Crippen LogP contribution in [0.1, 0.15) is 11.6 Å². The summed E-state index contributed by atoms with van der Waals surface area (Å²) in [4.78, 5) is 0. The largest absolute Gasteiger partial charge is 0.384 e. The lowest BCUT2D eigenvalue weighted by Gasteiger charge is -2.07. The molecular formula is C9H16BrN3O2. The Morgan fingerprint density at radius 2 is 1.80 bits per heavy atom. The first-order chi connectivity index (χ1) is 7.33. The van der Waals surface area contributed by atoms with E-state index in [2.05, 4.69) is 30.7 Å². The molecule has 5 nitrogen and oxygen atoms in total. The van der Waals surface area contributed by atoms with Crippen molar-refractivity contribution in [1.29, 1.82) is 0 Å². The molecule has 0 saturated heterocycles. The number of methoxy groups -OCH3 is 2. The van der Waals surface area contributed by atoms with Crippen molar-refractivity contribution in [2.24, 2.45) is 0 Å². The van der Waals surface area contributed by atoms with Gasteiger partial charge in [-0.1, -0.05) is 15.9 Å². The summed E-state index contributed by atoms with van der Waals surface area (Å²) < 4.78 is 12.1. The van der Waals surface area contributed by atoms with Crippen LogP contribution in [0.15, 0.2) is 0 Å². The third-order valence-corrected chi connectivity index (χ3v) is 2.57. The summed E-state index contributed by atoms with van der Waals surface area (Å²) in [5.74, 6) is 1.88. The molecule has 0 unspecified atom stereocenters. The monoisotopic (exact) mass is 277 g/mol. The highest BCUT2D eigenvalue weighted by molar-refractivity contribution is 9.08. The van der Waals surface area contributed by atoms with Crippen LogP contribution in [-0.4, -0.2) is 42.2 Å². The summed E-state index contributed by atoms with van der Waals surface area (Å²) in [5, 5.41) is 8.93. The standard InChI is InChI=1S/C9H16BrN3O2/c1-14-5-3-8-11-12-9(7-10)13(8)4-6-15-2/h3-7H2,1-2H3. The summed E-state index contributed by atoms with van der Waals surface area (Å²) in [7, 11) is 3.37. The smallest absolute Gasteiger partial charge is 0.143 e. The molecule has 0 amide bonds. The van der Waals surface area contributed by atoms with E-state index >= 15 is 0 Å². The second-order valence-electron chi connectivity index (χ2n) is 3.05. The Morgan fingerprint density at radius 3 is 2.40 bits per heavy atom. The molecule has 86 valence electrons. The van der Waals surface area contributed by atoms with E-state index in [-0.39, 0.29) is 0 Å². The van der Waals surface area contributed by atoms with Gasteiger partial charge in [0.2, 0.25) is 0 Å². The molecule has 0 aromatic carbocycles. The molecule has 0 N–H and O–H groups in total. The Hall–Kier alpha value is -0.460. The molecule has 1 rings (SSSR count). The highest BCUT2D eigenvalue weighted by atomic mass is 79.9. The number of halogens is 1. The van der Waals surface area contributed by atoms with Gasteiger partial charge in [0.1, 0.15) is 11.6 Å². The highest BCUT2D eigenvalue weighted by Gasteiger charge is 2.10. The Kier molecular flexibility index (Phi) is 5.82. The van der Waals surface area contributed by atoms with Gasteiger partial charge < -0.3 is 14.0 Å². The van der Waals surface area contributed by atoms with Gasteiger partial charge in [-0.25, -0.2) is 0 Å². The molecule has 15 heavy (non-hydrogen) atoms. The average molecular weight is 278 g/mol. The predicted molar refractivity (Wildman–Crippen MR) is 60.1 cm³/mol. The van der Waals surface area contributed by atoms with Crippen molar-refractivity contribution in [3.63, 3.8) is 0 Å². The van der Waals surface area contributed by atoms with E-state index in [0.717, 1.165) is 24.6 Å². The van der Waals surface area contributed by atoms with Crippen LogP contribution in [0.3, 0.4) is 0 Å². The third-order valence-electron chi connectivity index (χ3n) is 2.07. The summed E-state index contributed by atoms with van der Waals surface area (Å²) in [5.41, 5.74) is 0. The normalized spacial score (nSPS) is 10.9. The summed E-state index contributed by atoms with van der Waals surface area (Å²) in [6, 6.07) is 0. The maximum absolute atomic E-state index is 5.05. The minimum Gasteiger partial charge on any atom is -0.384 e.